The molecule has 2 aliphatic rings. The summed E-state index contributed by atoms with van der Waals surface area (Å²) >= 11 is 0. The lowest BCUT2D eigenvalue weighted by Gasteiger charge is -2.30. The molecular weight excluding hydrogens is 226 g/mol. The molecule has 0 spiro atoms. The van der Waals surface area contributed by atoms with Crippen molar-refractivity contribution in [3.05, 3.63) is 29.8 Å². The molecule has 1 saturated heterocycles. The van der Waals surface area contributed by atoms with Crippen LogP contribution in [-0.2, 0) is 11.2 Å². The molecule has 2 heterocycles. The van der Waals surface area contributed by atoms with Crippen LogP contribution in [0.4, 0.5) is 0 Å². The predicted octanol–water partition coefficient (Wildman–Crippen LogP) is 2.00. The normalized spacial score (nSPS) is 30.8. The number of fused-ring (bicyclic) bond motifs is 1. The van der Waals surface area contributed by atoms with E-state index in [-0.39, 0.29) is 6.10 Å². The summed E-state index contributed by atoms with van der Waals surface area (Å²) in [7, 11) is 0. The quantitative estimate of drug-likeness (QED) is 0.886. The van der Waals surface area contributed by atoms with Gasteiger partial charge in [-0.25, -0.2) is 0 Å². The van der Waals surface area contributed by atoms with E-state index in [1.165, 1.54) is 12.0 Å². The third-order valence-electron chi connectivity index (χ3n) is 3.97. The van der Waals surface area contributed by atoms with Gasteiger partial charge in [0.25, 0.3) is 0 Å². The minimum Gasteiger partial charge on any atom is -0.487 e. The van der Waals surface area contributed by atoms with Crippen molar-refractivity contribution in [3.8, 4) is 5.75 Å². The summed E-state index contributed by atoms with van der Waals surface area (Å²) < 4.78 is 11.9. The van der Waals surface area contributed by atoms with Crippen molar-refractivity contribution >= 4 is 0 Å². The molecule has 98 valence electrons. The molecule has 18 heavy (non-hydrogen) atoms. The van der Waals surface area contributed by atoms with Gasteiger partial charge in [0.05, 0.1) is 12.7 Å². The van der Waals surface area contributed by atoms with Crippen molar-refractivity contribution in [2.45, 2.75) is 32.0 Å². The van der Waals surface area contributed by atoms with Crippen LogP contribution in [0.1, 0.15) is 18.9 Å². The summed E-state index contributed by atoms with van der Waals surface area (Å²) in [4.78, 5) is 0. The fourth-order valence-electron chi connectivity index (χ4n) is 2.76. The van der Waals surface area contributed by atoms with Crippen LogP contribution in [-0.4, -0.2) is 31.9 Å². The van der Waals surface area contributed by atoms with E-state index in [9.17, 15) is 0 Å². The minimum absolute atomic E-state index is 0.191. The number of piperidine rings is 1. The Balaban J connectivity index is 1.51. The molecular formula is C15H21NO2. The molecule has 0 aliphatic carbocycles. The highest BCUT2D eigenvalue weighted by Gasteiger charge is 2.26. The standard InChI is InChI=1S/C15H21NO2/c1-11-6-7-16-9-15(11)17-10-13-8-12-4-2-3-5-14(12)18-13/h2-5,11,13,15-16H,6-10H2,1H3. The molecule has 1 aromatic carbocycles. The van der Waals surface area contributed by atoms with Gasteiger partial charge in [-0.1, -0.05) is 25.1 Å². The molecule has 3 atom stereocenters. The Kier molecular flexibility index (Phi) is 3.52. The Morgan fingerprint density at radius 1 is 1.39 bits per heavy atom. The monoisotopic (exact) mass is 247 g/mol. The van der Waals surface area contributed by atoms with Crippen LogP contribution in [0.2, 0.25) is 0 Å². The van der Waals surface area contributed by atoms with Crippen molar-refractivity contribution in [3.63, 3.8) is 0 Å². The molecule has 0 amide bonds. The van der Waals surface area contributed by atoms with Crippen LogP contribution in [0.15, 0.2) is 24.3 Å². The van der Waals surface area contributed by atoms with Gasteiger partial charge in [-0.3, -0.25) is 0 Å². The first-order valence-electron chi connectivity index (χ1n) is 6.90. The molecule has 3 unspecified atom stereocenters. The first-order valence-corrected chi connectivity index (χ1v) is 6.90. The average Bonchev–Trinajstić information content (AvgIpc) is 2.80. The van der Waals surface area contributed by atoms with Gasteiger partial charge >= 0.3 is 0 Å². The molecule has 0 radical (unpaired) electrons. The van der Waals surface area contributed by atoms with Gasteiger partial charge in [-0.2, -0.15) is 0 Å². The van der Waals surface area contributed by atoms with Gasteiger partial charge in [-0.15, -0.1) is 0 Å². The molecule has 3 nitrogen and oxygen atoms in total. The Morgan fingerprint density at radius 2 is 2.28 bits per heavy atom. The van der Waals surface area contributed by atoms with E-state index in [0.717, 1.165) is 25.3 Å². The SMILES string of the molecule is CC1CCNCC1OCC1Cc2ccccc2O1. The van der Waals surface area contributed by atoms with Gasteiger partial charge in [-0.05, 0) is 30.5 Å². The largest absolute Gasteiger partial charge is 0.487 e. The van der Waals surface area contributed by atoms with Gasteiger partial charge < -0.3 is 14.8 Å². The maximum atomic E-state index is 6.02. The van der Waals surface area contributed by atoms with Crippen LogP contribution >= 0.6 is 0 Å². The van der Waals surface area contributed by atoms with Crippen LogP contribution < -0.4 is 10.1 Å². The van der Waals surface area contributed by atoms with Crippen molar-refractivity contribution in [2.75, 3.05) is 19.7 Å². The lowest BCUT2D eigenvalue weighted by atomic mass is 9.97. The number of ether oxygens (including phenoxy) is 2. The first kappa shape index (κ1) is 12.0. The molecule has 1 aromatic rings. The molecule has 3 heteroatoms. The van der Waals surface area contributed by atoms with E-state index in [1.807, 2.05) is 12.1 Å². The highest BCUT2D eigenvalue weighted by Crippen LogP contribution is 2.28. The highest BCUT2D eigenvalue weighted by molar-refractivity contribution is 5.37. The summed E-state index contributed by atoms with van der Waals surface area (Å²) in [5.74, 6) is 1.68. The zero-order valence-electron chi connectivity index (χ0n) is 10.9. The molecule has 0 aromatic heterocycles. The Hall–Kier alpha value is -1.06. The number of para-hydroxylation sites is 1. The number of benzene rings is 1. The second kappa shape index (κ2) is 5.29. The van der Waals surface area contributed by atoms with Crippen LogP contribution in [0.25, 0.3) is 0 Å². The Bertz CT molecular complexity index is 382. The summed E-state index contributed by atoms with van der Waals surface area (Å²) in [5, 5.41) is 3.39. The maximum Gasteiger partial charge on any atom is 0.126 e. The van der Waals surface area contributed by atoms with E-state index in [2.05, 4.69) is 24.4 Å². The van der Waals surface area contributed by atoms with Gasteiger partial charge in [0, 0.05) is 13.0 Å². The Morgan fingerprint density at radius 3 is 3.11 bits per heavy atom. The molecule has 0 bridgehead atoms. The topological polar surface area (TPSA) is 30.5 Å². The second-order valence-corrected chi connectivity index (χ2v) is 5.39. The van der Waals surface area contributed by atoms with E-state index < -0.39 is 0 Å². The molecule has 1 fully saturated rings. The first-order chi connectivity index (χ1) is 8.83. The number of hydrogen-bond acceptors (Lipinski definition) is 3. The van der Waals surface area contributed by atoms with Gasteiger partial charge in [0.15, 0.2) is 0 Å². The fraction of sp³-hybridized carbons (Fsp3) is 0.600. The second-order valence-electron chi connectivity index (χ2n) is 5.39. The lowest BCUT2D eigenvalue weighted by Crippen LogP contribution is -2.42. The van der Waals surface area contributed by atoms with Crippen LogP contribution in [0.3, 0.4) is 0 Å². The number of hydrogen-bond donors (Lipinski definition) is 1. The predicted molar refractivity (Wildman–Crippen MR) is 71.0 cm³/mol. The molecule has 1 N–H and O–H groups in total. The zero-order valence-corrected chi connectivity index (χ0v) is 10.9. The van der Waals surface area contributed by atoms with E-state index >= 15 is 0 Å². The van der Waals surface area contributed by atoms with Crippen molar-refractivity contribution in [1.82, 2.24) is 5.32 Å². The number of nitrogens with one attached hydrogen (secondary N) is 1. The van der Waals surface area contributed by atoms with Crippen molar-refractivity contribution < 1.29 is 9.47 Å². The van der Waals surface area contributed by atoms with Crippen LogP contribution in [0.5, 0.6) is 5.75 Å². The van der Waals surface area contributed by atoms with Crippen molar-refractivity contribution in [1.29, 1.82) is 0 Å². The average molecular weight is 247 g/mol. The van der Waals surface area contributed by atoms with Crippen LogP contribution in [0, 0.1) is 5.92 Å². The van der Waals surface area contributed by atoms with E-state index in [4.69, 9.17) is 9.47 Å². The smallest absolute Gasteiger partial charge is 0.126 e. The summed E-state index contributed by atoms with van der Waals surface area (Å²) in [6, 6.07) is 8.27. The van der Waals surface area contributed by atoms with E-state index in [0.29, 0.717) is 18.6 Å². The highest BCUT2D eigenvalue weighted by atomic mass is 16.5. The minimum atomic E-state index is 0.191. The molecule has 3 rings (SSSR count). The zero-order chi connectivity index (χ0) is 12.4. The summed E-state index contributed by atoms with van der Waals surface area (Å²) in [5.41, 5.74) is 1.31. The van der Waals surface area contributed by atoms with Crippen molar-refractivity contribution in [2.24, 2.45) is 5.92 Å². The fourth-order valence-corrected chi connectivity index (χ4v) is 2.76. The summed E-state index contributed by atoms with van der Waals surface area (Å²) in [6.45, 7) is 5.06. The van der Waals surface area contributed by atoms with Gasteiger partial charge in [0.1, 0.15) is 11.9 Å². The van der Waals surface area contributed by atoms with E-state index in [1.54, 1.807) is 0 Å². The third kappa shape index (κ3) is 2.52. The third-order valence-corrected chi connectivity index (χ3v) is 3.97. The van der Waals surface area contributed by atoms with Gasteiger partial charge in [0.2, 0.25) is 0 Å². The maximum absolute atomic E-state index is 6.02. The Labute approximate surface area is 108 Å². The summed E-state index contributed by atoms with van der Waals surface area (Å²) in [6.07, 6.45) is 2.71. The molecule has 2 aliphatic heterocycles. The lowest BCUT2D eigenvalue weighted by molar-refractivity contribution is -0.0279. The number of rotatable bonds is 3. The molecule has 0 saturated carbocycles.